The van der Waals surface area contributed by atoms with Crippen LogP contribution in [0.4, 0.5) is 0 Å². The number of nitrogens with one attached hydrogen (secondary N) is 2. The van der Waals surface area contributed by atoms with Crippen LogP contribution in [0, 0.1) is 0 Å². The van der Waals surface area contributed by atoms with E-state index in [2.05, 4.69) is 10.6 Å². The van der Waals surface area contributed by atoms with Crippen molar-refractivity contribution in [2.24, 2.45) is 0 Å². The molecule has 0 aromatic heterocycles. The zero-order chi connectivity index (χ0) is 14.3. The summed E-state index contributed by atoms with van der Waals surface area (Å²) in [4.78, 5) is 11.7. The third-order valence-electron chi connectivity index (χ3n) is 2.59. The molecule has 1 aromatic rings. The molecule has 106 valence electrons. The molecule has 0 saturated heterocycles. The lowest BCUT2D eigenvalue weighted by atomic mass is 10.1. The minimum Gasteiger partial charge on any atom is -0.383 e. The summed E-state index contributed by atoms with van der Waals surface area (Å²) >= 11 is 12.0. The largest absolute Gasteiger partial charge is 0.383 e. The van der Waals surface area contributed by atoms with Gasteiger partial charge in [-0.25, -0.2) is 0 Å². The fraction of sp³-hybridized carbons (Fsp3) is 0.462. The summed E-state index contributed by atoms with van der Waals surface area (Å²) in [7, 11) is 1.62. The van der Waals surface area contributed by atoms with E-state index in [-0.39, 0.29) is 18.5 Å². The fourth-order valence-electron chi connectivity index (χ4n) is 1.60. The Hall–Kier alpha value is -0.810. The summed E-state index contributed by atoms with van der Waals surface area (Å²) in [5.74, 6) is -0.0976. The molecular formula is C13H18Cl2N2O2. The normalized spacial score (nSPS) is 12.2. The average molecular weight is 305 g/mol. The molecule has 1 atom stereocenters. The average Bonchev–Trinajstić information content (AvgIpc) is 2.38. The zero-order valence-electron chi connectivity index (χ0n) is 11.0. The van der Waals surface area contributed by atoms with Crippen molar-refractivity contribution in [2.75, 3.05) is 26.8 Å². The van der Waals surface area contributed by atoms with Gasteiger partial charge in [0.25, 0.3) is 0 Å². The molecule has 0 aliphatic rings. The molecule has 0 aliphatic heterocycles. The molecule has 4 nitrogen and oxygen atoms in total. The standard InChI is InChI=1S/C13H18Cl2N2O2/c1-9(10-4-3-5-11(14)13(10)15)17-12(18)8-16-6-7-19-2/h3-5,9,16H,6-8H2,1-2H3,(H,17,18). The molecule has 2 N–H and O–H groups in total. The topological polar surface area (TPSA) is 50.4 Å². The highest BCUT2D eigenvalue weighted by Gasteiger charge is 2.13. The number of halogens is 2. The molecule has 1 rings (SSSR count). The Bertz CT molecular complexity index is 427. The summed E-state index contributed by atoms with van der Waals surface area (Å²) in [5, 5.41) is 6.79. The minimum atomic E-state index is -0.192. The second-order valence-corrected chi connectivity index (χ2v) is 4.89. The maximum atomic E-state index is 11.7. The lowest BCUT2D eigenvalue weighted by Gasteiger charge is -2.16. The van der Waals surface area contributed by atoms with Crippen molar-refractivity contribution >= 4 is 29.1 Å². The van der Waals surface area contributed by atoms with Gasteiger partial charge in [0.05, 0.1) is 29.2 Å². The van der Waals surface area contributed by atoms with Crippen LogP contribution >= 0.6 is 23.2 Å². The van der Waals surface area contributed by atoms with Gasteiger partial charge in [-0.05, 0) is 18.6 Å². The molecule has 0 spiro atoms. The van der Waals surface area contributed by atoms with Crippen molar-refractivity contribution in [2.45, 2.75) is 13.0 Å². The van der Waals surface area contributed by atoms with Gasteiger partial charge < -0.3 is 15.4 Å². The number of rotatable bonds is 7. The van der Waals surface area contributed by atoms with E-state index in [1.54, 1.807) is 13.2 Å². The molecule has 1 unspecified atom stereocenters. The molecule has 1 amide bonds. The Balaban J connectivity index is 2.48. The van der Waals surface area contributed by atoms with Crippen LogP contribution < -0.4 is 10.6 Å². The van der Waals surface area contributed by atoms with Crippen LogP contribution in [0.3, 0.4) is 0 Å². The van der Waals surface area contributed by atoms with Crippen molar-refractivity contribution in [3.8, 4) is 0 Å². The first kappa shape index (κ1) is 16.2. The first-order valence-corrected chi connectivity index (χ1v) is 6.74. The Morgan fingerprint density at radius 2 is 2.16 bits per heavy atom. The molecule has 0 fully saturated rings. The molecule has 0 aliphatic carbocycles. The van der Waals surface area contributed by atoms with Crippen LogP contribution in [0.5, 0.6) is 0 Å². The van der Waals surface area contributed by atoms with Crippen molar-refractivity contribution in [1.29, 1.82) is 0 Å². The van der Waals surface area contributed by atoms with Gasteiger partial charge in [0.15, 0.2) is 0 Å². The van der Waals surface area contributed by atoms with Crippen LogP contribution in [-0.2, 0) is 9.53 Å². The van der Waals surface area contributed by atoms with E-state index < -0.39 is 0 Å². The minimum absolute atomic E-state index is 0.0976. The zero-order valence-corrected chi connectivity index (χ0v) is 12.5. The highest BCUT2D eigenvalue weighted by Crippen LogP contribution is 2.29. The monoisotopic (exact) mass is 304 g/mol. The molecular weight excluding hydrogens is 287 g/mol. The lowest BCUT2D eigenvalue weighted by Crippen LogP contribution is -2.36. The number of methoxy groups -OCH3 is 1. The maximum Gasteiger partial charge on any atom is 0.234 e. The summed E-state index contributed by atoms with van der Waals surface area (Å²) in [6.45, 7) is 3.32. The van der Waals surface area contributed by atoms with Crippen LogP contribution in [0.2, 0.25) is 10.0 Å². The van der Waals surface area contributed by atoms with E-state index in [1.807, 2.05) is 19.1 Å². The van der Waals surface area contributed by atoms with Crippen molar-refractivity contribution in [3.63, 3.8) is 0 Å². The van der Waals surface area contributed by atoms with Crippen LogP contribution in [0.25, 0.3) is 0 Å². The van der Waals surface area contributed by atoms with Gasteiger partial charge in [0, 0.05) is 13.7 Å². The smallest absolute Gasteiger partial charge is 0.234 e. The van der Waals surface area contributed by atoms with E-state index in [9.17, 15) is 4.79 Å². The Morgan fingerprint density at radius 1 is 1.42 bits per heavy atom. The van der Waals surface area contributed by atoms with Crippen LogP contribution in [0.15, 0.2) is 18.2 Å². The van der Waals surface area contributed by atoms with Gasteiger partial charge in [-0.3, -0.25) is 4.79 Å². The van der Waals surface area contributed by atoms with E-state index >= 15 is 0 Å². The molecule has 6 heteroatoms. The molecule has 0 radical (unpaired) electrons. The summed E-state index contributed by atoms with van der Waals surface area (Å²) in [6, 6.07) is 5.18. The molecule has 1 aromatic carbocycles. The van der Waals surface area contributed by atoms with Gasteiger partial charge in [0.1, 0.15) is 0 Å². The number of ether oxygens (including phenoxy) is 1. The first-order chi connectivity index (χ1) is 9.06. The molecule has 0 heterocycles. The van der Waals surface area contributed by atoms with Crippen molar-refractivity contribution in [1.82, 2.24) is 10.6 Å². The van der Waals surface area contributed by atoms with Gasteiger partial charge in [-0.2, -0.15) is 0 Å². The highest BCUT2D eigenvalue weighted by atomic mass is 35.5. The third-order valence-corrected chi connectivity index (χ3v) is 3.43. The Kier molecular flexibility index (Phi) is 7.16. The van der Waals surface area contributed by atoms with Crippen molar-refractivity contribution in [3.05, 3.63) is 33.8 Å². The van der Waals surface area contributed by atoms with E-state index in [1.165, 1.54) is 0 Å². The fourth-order valence-corrected chi connectivity index (χ4v) is 2.07. The summed E-state index contributed by atoms with van der Waals surface area (Å²) in [5.41, 5.74) is 0.805. The summed E-state index contributed by atoms with van der Waals surface area (Å²) in [6.07, 6.45) is 0. The number of hydrogen-bond donors (Lipinski definition) is 2. The molecule has 19 heavy (non-hydrogen) atoms. The van der Waals surface area contributed by atoms with Crippen molar-refractivity contribution < 1.29 is 9.53 Å². The number of hydrogen-bond acceptors (Lipinski definition) is 3. The SMILES string of the molecule is COCCNCC(=O)NC(C)c1cccc(Cl)c1Cl. The number of amides is 1. The Labute approximate surface area is 123 Å². The Morgan fingerprint density at radius 3 is 2.84 bits per heavy atom. The molecule has 0 bridgehead atoms. The quantitative estimate of drug-likeness (QED) is 0.761. The van der Waals surface area contributed by atoms with Crippen LogP contribution in [-0.4, -0.2) is 32.7 Å². The second-order valence-electron chi connectivity index (χ2n) is 4.10. The number of carbonyl (C=O) groups is 1. The number of carbonyl (C=O) groups excluding carboxylic acids is 1. The number of benzene rings is 1. The maximum absolute atomic E-state index is 11.7. The van der Waals surface area contributed by atoms with E-state index in [0.717, 1.165) is 5.56 Å². The van der Waals surface area contributed by atoms with Crippen LogP contribution in [0.1, 0.15) is 18.5 Å². The predicted octanol–water partition coefficient (Wildman–Crippen LogP) is 2.41. The lowest BCUT2D eigenvalue weighted by molar-refractivity contribution is -0.120. The third kappa shape index (κ3) is 5.37. The van der Waals surface area contributed by atoms with Gasteiger partial charge >= 0.3 is 0 Å². The predicted molar refractivity (Wildman–Crippen MR) is 77.8 cm³/mol. The van der Waals surface area contributed by atoms with E-state index in [4.69, 9.17) is 27.9 Å². The highest BCUT2D eigenvalue weighted by molar-refractivity contribution is 6.42. The molecule has 0 saturated carbocycles. The van der Waals surface area contributed by atoms with E-state index in [0.29, 0.717) is 23.2 Å². The van der Waals surface area contributed by atoms with Gasteiger partial charge in [0.2, 0.25) is 5.91 Å². The van der Waals surface area contributed by atoms with Gasteiger partial charge in [-0.1, -0.05) is 35.3 Å². The second kappa shape index (κ2) is 8.38. The summed E-state index contributed by atoms with van der Waals surface area (Å²) < 4.78 is 4.88. The first-order valence-electron chi connectivity index (χ1n) is 5.99. The van der Waals surface area contributed by atoms with Gasteiger partial charge in [-0.15, -0.1) is 0 Å².